The summed E-state index contributed by atoms with van der Waals surface area (Å²) in [5.74, 6) is -0.136. The Hall–Kier alpha value is -1.33. The molecule has 0 bridgehead atoms. The summed E-state index contributed by atoms with van der Waals surface area (Å²) >= 11 is 5.75. The van der Waals surface area contributed by atoms with Crippen LogP contribution >= 0.6 is 11.6 Å². The molecule has 0 radical (unpaired) electrons. The molecule has 0 aliphatic heterocycles. The van der Waals surface area contributed by atoms with Crippen molar-refractivity contribution in [3.63, 3.8) is 0 Å². The standard InChI is InChI=1S/C10H14ClN3O2/c1-2-7(5-15)14-10(16)6-3-8(11)9(12)13-4-6/h3-4,7,15H,2,5H2,1H3,(H2,12,13)(H,14,16). The zero-order chi connectivity index (χ0) is 12.1. The molecule has 0 spiro atoms. The number of nitrogen functional groups attached to an aromatic ring is 1. The van der Waals surface area contributed by atoms with Crippen molar-refractivity contribution in [3.8, 4) is 0 Å². The molecular weight excluding hydrogens is 230 g/mol. The van der Waals surface area contributed by atoms with Crippen LogP contribution in [0.4, 0.5) is 5.82 Å². The van der Waals surface area contributed by atoms with E-state index < -0.39 is 0 Å². The zero-order valence-corrected chi connectivity index (χ0v) is 9.66. The Morgan fingerprint density at radius 3 is 2.94 bits per heavy atom. The summed E-state index contributed by atoms with van der Waals surface area (Å²) in [5, 5.41) is 11.8. The molecule has 88 valence electrons. The number of amides is 1. The van der Waals surface area contributed by atoms with E-state index >= 15 is 0 Å². The molecular formula is C10H14ClN3O2. The fraction of sp³-hybridized carbons (Fsp3) is 0.400. The second-order valence-electron chi connectivity index (χ2n) is 3.35. The summed E-state index contributed by atoms with van der Waals surface area (Å²) in [4.78, 5) is 15.5. The third-order valence-corrected chi connectivity index (χ3v) is 2.48. The van der Waals surface area contributed by atoms with Crippen LogP contribution in [0.3, 0.4) is 0 Å². The molecule has 0 aliphatic rings. The van der Waals surface area contributed by atoms with Gasteiger partial charge in [-0.15, -0.1) is 0 Å². The van der Waals surface area contributed by atoms with Gasteiger partial charge in [0.2, 0.25) is 0 Å². The monoisotopic (exact) mass is 243 g/mol. The van der Waals surface area contributed by atoms with E-state index in [4.69, 9.17) is 22.4 Å². The van der Waals surface area contributed by atoms with E-state index in [9.17, 15) is 4.79 Å². The first-order valence-corrected chi connectivity index (χ1v) is 5.29. The van der Waals surface area contributed by atoms with Crippen molar-refractivity contribution in [2.75, 3.05) is 12.3 Å². The van der Waals surface area contributed by atoms with Crippen molar-refractivity contribution in [2.24, 2.45) is 0 Å². The van der Waals surface area contributed by atoms with Crippen LogP contribution in [0.5, 0.6) is 0 Å². The lowest BCUT2D eigenvalue weighted by molar-refractivity contribution is 0.0914. The molecule has 0 fully saturated rings. The molecule has 1 aromatic rings. The summed E-state index contributed by atoms with van der Waals surface area (Å²) in [7, 11) is 0. The number of aliphatic hydroxyl groups excluding tert-OH is 1. The number of nitrogens with zero attached hydrogens (tertiary/aromatic N) is 1. The van der Waals surface area contributed by atoms with Gasteiger partial charge in [-0.05, 0) is 12.5 Å². The summed E-state index contributed by atoms with van der Waals surface area (Å²) in [6.45, 7) is 1.77. The number of nitrogens with two attached hydrogens (primary N) is 1. The van der Waals surface area contributed by atoms with Crippen LogP contribution in [0.2, 0.25) is 5.02 Å². The third-order valence-electron chi connectivity index (χ3n) is 2.18. The fourth-order valence-corrected chi connectivity index (χ4v) is 1.28. The van der Waals surface area contributed by atoms with Gasteiger partial charge in [-0.2, -0.15) is 0 Å². The van der Waals surface area contributed by atoms with Crippen molar-refractivity contribution in [2.45, 2.75) is 19.4 Å². The van der Waals surface area contributed by atoms with E-state index in [1.165, 1.54) is 12.3 Å². The third kappa shape index (κ3) is 3.08. The van der Waals surface area contributed by atoms with E-state index in [-0.39, 0.29) is 29.4 Å². The van der Waals surface area contributed by atoms with E-state index in [0.29, 0.717) is 12.0 Å². The molecule has 0 aromatic carbocycles. The van der Waals surface area contributed by atoms with Gasteiger partial charge >= 0.3 is 0 Å². The number of pyridine rings is 1. The lowest BCUT2D eigenvalue weighted by Crippen LogP contribution is -2.36. The van der Waals surface area contributed by atoms with Gasteiger partial charge in [0.15, 0.2) is 0 Å². The molecule has 5 nitrogen and oxygen atoms in total. The summed E-state index contributed by atoms with van der Waals surface area (Å²) < 4.78 is 0. The minimum Gasteiger partial charge on any atom is -0.394 e. The Labute approximate surface area is 98.6 Å². The summed E-state index contributed by atoms with van der Waals surface area (Å²) in [6.07, 6.45) is 2.00. The average Bonchev–Trinajstić information content (AvgIpc) is 2.29. The number of rotatable bonds is 4. The van der Waals surface area contributed by atoms with Crippen LogP contribution in [-0.4, -0.2) is 28.6 Å². The molecule has 1 amide bonds. The predicted octanol–water partition coefficient (Wildman–Crippen LogP) is 0.818. The van der Waals surface area contributed by atoms with Crippen molar-refractivity contribution in [1.29, 1.82) is 0 Å². The topological polar surface area (TPSA) is 88.2 Å². The van der Waals surface area contributed by atoms with Crippen LogP contribution in [0.1, 0.15) is 23.7 Å². The molecule has 0 saturated heterocycles. The van der Waals surface area contributed by atoms with Crippen LogP contribution in [-0.2, 0) is 0 Å². The number of carbonyl (C=O) groups excluding carboxylic acids is 1. The number of nitrogens with one attached hydrogen (secondary N) is 1. The minimum atomic E-state index is -0.324. The van der Waals surface area contributed by atoms with Crippen LogP contribution < -0.4 is 11.1 Å². The summed E-state index contributed by atoms with van der Waals surface area (Å²) in [6, 6.07) is 1.19. The SMILES string of the molecule is CCC(CO)NC(=O)c1cnc(N)c(Cl)c1. The van der Waals surface area contributed by atoms with Crippen LogP contribution in [0.25, 0.3) is 0 Å². The van der Waals surface area contributed by atoms with Gasteiger partial charge in [0.1, 0.15) is 5.82 Å². The smallest absolute Gasteiger partial charge is 0.253 e. The number of hydrogen-bond donors (Lipinski definition) is 3. The average molecular weight is 244 g/mol. The van der Waals surface area contributed by atoms with E-state index in [1.807, 2.05) is 6.92 Å². The highest BCUT2D eigenvalue weighted by atomic mass is 35.5. The number of halogens is 1. The first kappa shape index (κ1) is 12.7. The van der Waals surface area contributed by atoms with Gasteiger partial charge in [-0.25, -0.2) is 4.98 Å². The quantitative estimate of drug-likeness (QED) is 0.731. The van der Waals surface area contributed by atoms with Crippen LogP contribution in [0.15, 0.2) is 12.3 Å². The lowest BCUT2D eigenvalue weighted by atomic mass is 10.2. The Bertz CT molecular complexity index is 380. The van der Waals surface area contributed by atoms with Crippen molar-refractivity contribution >= 4 is 23.3 Å². The van der Waals surface area contributed by atoms with Gasteiger partial charge in [-0.1, -0.05) is 18.5 Å². The van der Waals surface area contributed by atoms with E-state index in [1.54, 1.807) is 0 Å². The molecule has 1 atom stereocenters. The molecule has 1 heterocycles. The molecule has 16 heavy (non-hydrogen) atoms. The number of aromatic nitrogens is 1. The van der Waals surface area contributed by atoms with Crippen molar-refractivity contribution in [3.05, 3.63) is 22.8 Å². The molecule has 6 heteroatoms. The highest BCUT2D eigenvalue weighted by Crippen LogP contribution is 2.16. The highest BCUT2D eigenvalue weighted by molar-refractivity contribution is 6.33. The van der Waals surface area contributed by atoms with Crippen molar-refractivity contribution in [1.82, 2.24) is 10.3 Å². The maximum atomic E-state index is 11.7. The second kappa shape index (κ2) is 5.67. The number of carbonyl (C=O) groups is 1. The van der Waals surface area contributed by atoms with E-state index in [0.717, 1.165) is 0 Å². The first-order valence-electron chi connectivity index (χ1n) is 4.91. The Morgan fingerprint density at radius 2 is 2.44 bits per heavy atom. The first-order chi connectivity index (χ1) is 7.58. The fourth-order valence-electron chi connectivity index (χ4n) is 1.12. The van der Waals surface area contributed by atoms with Gasteiger partial charge in [0, 0.05) is 6.20 Å². The Morgan fingerprint density at radius 1 is 1.75 bits per heavy atom. The van der Waals surface area contributed by atoms with E-state index in [2.05, 4.69) is 10.3 Å². The van der Waals surface area contributed by atoms with Crippen LogP contribution in [0, 0.1) is 0 Å². The van der Waals surface area contributed by atoms with Gasteiger partial charge in [0.25, 0.3) is 5.91 Å². The number of hydrogen-bond acceptors (Lipinski definition) is 4. The molecule has 1 rings (SSSR count). The summed E-state index contributed by atoms with van der Waals surface area (Å²) in [5.41, 5.74) is 5.75. The predicted molar refractivity (Wildman–Crippen MR) is 62.3 cm³/mol. The number of anilines is 1. The highest BCUT2D eigenvalue weighted by Gasteiger charge is 2.12. The Kier molecular flexibility index (Phi) is 4.52. The molecule has 4 N–H and O–H groups in total. The molecule has 0 saturated carbocycles. The number of aliphatic hydroxyl groups is 1. The molecule has 1 unspecified atom stereocenters. The van der Waals surface area contributed by atoms with Gasteiger partial charge < -0.3 is 16.2 Å². The second-order valence-corrected chi connectivity index (χ2v) is 3.76. The molecule has 0 aliphatic carbocycles. The molecule has 1 aromatic heterocycles. The van der Waals surface area contributed by atoms with Crippen molar-refractivity contribution < 1.29 is 9.90 Å². The maximum Gasteiger partial charge on any atom is 0.253 e. The Balaban J connectivity index is 2.76. The van der Waals surface area contributed by atoms with Gasteiger partial charge in [-0.3, -0.25) is 4.79 Å². The largest absolute Gasteiger partial charge is 0.394 e. The normalized spacial score (nSPS) is 12.2. The zero-order valence-electron chi connectivity index (χ0n) is 8.90. The minimum absolute atomic E-state index is 0.0988. The lowest BCUT2D eigenvalue weighted by Gasteiger charge is -2.13. The maximum absolute atomic E-state index is 11.7. The van der Waals surface area contributed by atoms with Gasteiger partial charge in [0.05, 0.1) is 23.2 Å².